The number of benzene rings is 2. The summed E-state index contributed by atoms with van der Waals surface area (Å²) in [5, 5.41) is 9.19. The Balaban J connectivity index is 2.32. The van der Waals surface area contributed by atoms with Crippen LogP contribution in [0.1, 0.15) is 15.9 Å². The van der Waals surface area contributed by atoms with Crippen LogP contribution in [0.2, 0.25) is 5.02 Å². The smallest absolute Gasteiger partial charge is 0.151 e. The molecule has 0 saturated carbocycles. The summed E-state index contributed by atoms with van der Waals surface area (Å²) >= 11 is 6.01. The van der Waals surface area contributed by atoms with Gasteiger partial charge in [-0.1, -0.05) is 11.6 Å². The van der Waals surface area contributed by atoms with E-state index in [1.165, 1.54) is 0 Å². The highest BCUT2D eigenvalue weighted by molar-refractivity contribution is 6.33. The van der Waals surface area contributed by atoms with Gasteiger partial charge in [0.15, 0.2) is 6.29 Å². The lowest BCUT2D eigenvalue weighted by atomic mass is 10.1. The maximum absolute atomic E-state index is 10.7. The molecule has 19 heavy (non-hydrogen) atoms. The summed E-state index contributed by atoms with van der Waals surface area (Å²) < 4.78 is 0. The van der Waals surface area contributed by atoms with Crippen LogP contribution < -0.4 is 4.90 Å². The molecule has 0 spiro atoms. The number of carbonyl (C=O) groups excluding carboxylic acids is 1. The van der Waals surface area contributed by atoms with Gasteiger partial charge in [-0.2, -0.15) is 5.26 Å². The average molecular weight is 271 g/mol. The standard InChI is InChI=1S/C15H11ClN2O/c1-18(13-5-2-11(9-17)3-6-13)14-7-4-12(10-19)15(16)8-14/h2-8,10H,1H3. The van der Waals surface area contributed by atoms with Crippen molar-refractivity contribution in [3.63, 3.8) is 0 Å². The second kappa shape index (κ2) is 5.55. The van der Waals surface area contributed by atoms with E-state index in [-0.39, 0.29) is 0 Å². The van der Waals surface area contributed by atoms with E-state index in [0.29, 0.717) is 16.1 Å². The Morgan fingerprint density at radius 3 is 2.32 bits per heavy atom. The molecule has 0 aliphatic rings. The summed E-state index contributed by atoms with van der Waals surface area (Å²) in [7, 11) is 1.90. The molecule has 0 aliphatic carbocycles. The normalized spacial score (nSPS) is 9.74. The average Bonchev–Trinajstić information content (AvgIpc) is 2.46. The number of nitriles is 1. The van der Waals surface area contributed by atoms with Gasteiger partial charge in [-0.25, -0.2) is 0 Å². The number of rotatable bonds is 3. The third-order valence-electron chi connectivity index (χ3n) is 2.88. The maximum atomic E-state index is 10.7. The first-order chi connectivity index (χ1) is 9.15. The fourth-order valence-corrected chi connectivity index (χ4v) is 1.95. The van der Waals surface area contributed by atoms with Crippen LogP contribution in [0.3, 0.4) is 0 Å². The van der Waals surface area contributed by atoms with Gasteiger partial charge in [0.25, 0.3) is 0 Å². The molecule has 3 nitrogen and oxygen atoms in total. The van der Waals surface area contributed by atoms with Gasteiger partial charge >= 0.3 is 0 Å². The molecule has 0 radical (unpaired) electrons. The largest absolute Gasteiger partial charge is 0.345 e. The second-order valence-electron chi connectivity index (χ2n) is 4.04. The van der Waals surface area contributed by atoms with Gasteiger partial charge in [-0.05, 0) is 42.5 Å². The third kappa shape index (κ3) is 2.75. The maximum Gasteiger partial charge on any atom is 0.151 e. The Labute approximate surface area is 116 Å². The summed E-state index contributed by atoms with van der Waals surface area (Å²) in [6, 6.07) is 14.6. The van der Waals surface area contributed by atoms with Gasteiger partial charge < -0.3 is 4.90 Å². The van der Waals surface area contributed by atoms with Crippen LogP contribution in [0.15, 0.2) is 42.5 Å². The van der Waals surface area contributed by atoms with Crippen molar-refractivity contribution in [2.75, 3.05) is 11.9 Å². The van der Waals surface area contributed by atoms with Crippen molar-refractivity contribution in [1.82, 2.24) is 0 Å². The lowest BCUT2D eigenvalue weighted by molar-refractivity contribution is 0.112. The fraction of sp³-hybridized carbons (Fsp3) is 0.0667. The Hall–Kier alpha value is -2.31. The first-order valence-electron chi connectivity index (χ1n) is 5.64. The van der Waals surface area contributed by atoms with E-state index in [2.05, 4.69) is 6.07 Å². The zero-order valence-corrected chi connectivity index (χ0v) is 11.1. The minimum absolute atomic E-state index is 0.424. The van der Waals surface area contributed by atoms with Crippen LogP contribution in [0, 0.1) is 11.3 Å². The van der Waals surface area contributed by atoms with Gasteiger partial charge in [0.2, 0.25) is 0 Å². The molecule has 2 rings (SSSR count). The predicted molar refractivity (Wildman–Crippen MR) is 76.1 cm³/mol. The highest BCUT2D eigenvalue weighted by Crippen LogP contribution is 2.27. The number of aldehydes is 1. The van der Waals surface area contributed by atoms with Crippen molar-refractivity contribution in [2.45, 2.75) is 0 Å². The monoisotopic (exact) mass is 270 g/mol. The van der Waals surface area contributed by atoms with Crippen molar-refractivity contribution in [3.05, 3.63) is 58.6 Å². The van der Waals surface area contributed by atoms with Gasteiger partial charge in [-0.3, -0.25) is 4.79 Å². The number of carbonyl (C=O) groups is 1. The number of halogens is 1. The lowest BCUT2D eigenvalue weighted by Gasteiger charge is -2.20. The molecule has 0 N–H and O–H groups in total. The first kappa shape index (κ1) is 13.1. The molecule has 94 valence electrons. The molecule has 2 aromatic carbocycles. The molecule has 0 amide bonds. The van der Waals surface area contributed by atoms with E-state index in [1.807, 2.05) is 30.1 Å². The Bertz CT molecular complexity index is 644. The SMILES string of the molecule is CN(c1ccc(C#N)cc1)c1ccc(C=O)c(Cl)c1. The molecule has 4 heteroatoms. The molecule has 0 saturated heterocycles. The van der Waals surface area contributed by atoms with Gasteiger partial charge in [-0.15, -0.1) is 0 Å². The van der Waals surface area contributed by atoms with Crippen LogP contribution in [-0.2, 0) is 0 Å². The summed E-state index contributed by atoms with van der Waals surface area (Å²) in [6.45, 7) is 0. The predicted octanol–water partition coefficient (Wildman–Crippen LogP) is 3.79. The highest BCUT2D eigenvalue weighted by atomic mass is 35.5. The number of hydrogen-bond acceptors (Lipinski definition) is 3. The number of nitrogens with zero attached hydrogens (tertiary/aromatic N) is 2. The Morgan fingerprint density at radius 1 is 1.16 bits per heavy atom. The van der Waals surface area contributed by atoms with Crippen LogP contribution in [-0.4, -0.2) is 13.3 Å². The molecule has 0 aromatic heterocycles. The molecular weight excluding hydrogens is 260 g/mol. The quantitative estimate of drug-likeness (QED) is 0.797. The van der Waals surface area contributed by atoms with Crippen LogP contribution >= 0.6 is 11.6 Å². The minimum atomic E-state index is 0.424. The van der Waals surface area contributed by atoms with Gasteiger partial charge in [0, 0.05) is 24.0 Å². The molecule has 0 bridgehead atoms. The molecule has 2 aromatic rings. The molecular formula is C15H11ClN2O. The van der Waals surface area contributed by atoms with E-state index in [4.69, 9.17) is 16.9 Å². The van der Waals surface area contributed by atoms with Gasteiger partial charge in [0.05, 0.1) is 16.7 Å². The minimum Gasteiger partial charge on any atom is -0.345 e. The zero-order valence-electron chi connectivity index (χ0n) is 10.3. The Morgan fingerprint density at radius 2 is 1.79 bits per heavy atom. The van der Waals surface area contributed by atoms with E-state index < -0.39 is 0 Å². The third-order valence-corrected chi connectivity index (χ3v) is 3.21. The molecule has 0 atom stereocenters. The van der Waals surface area contributed by atoms with Crippen LogP contribution in [0.5, 0.6) is 0 Å². The van der Waals surface area contributed by atoms with Crippen molar-refractivity contribution < 1.29 is 4.79 Å². The first-order valence-corrected chi connectivity index (χ1v) is 6.02. The number of anilines is 2. The molecule has 0 aliphatic heterocycles. The lowest BCUT2D eigenvalue weighted by Crippen LogP contribution is -2.09. The van der Waals surface area contributed by atoms with E-state index in [0.717, 1.165) is 17.7 Å². The highest BCUT2D eigenvalue weighted by Gasteiger charge is 2.07. The number of hydrogen-bond donors (Lipinski definition) is 0. The van der Waals surface area contributed by atoms with Crippen LogP contribution in [0.25, 0.3) is 0 Å². The van der Waals surface area contributed by atoms with E-state index in [9.17, 15) is 4.79 Å². The van der Waals surface area contributed by atoms with Crippen molar-refractivity contribution in [2.24, 2.45) is 0 Å². The zero-order chi connectivity index (χ0) is 13.8. The van der Waals surface area contributed by atoms with E-state index >= 15 is 0 Å². The molecule has 0 heterocycles. The van der Waals surface area contributed by atoms with Gasteiger partial charge in [0.1, 0.15) is 0 Å². The Kier molecular flexibility index (Phi) is 3.84. The van der Waals surface area contributed by atoms with Crippen molar-refractivity contribution in [1.29, 1.82) is 5.26 Å². The van der Waals surface area contributed by atoms with Crippen molar-refractivity contribution in [3.8, 4) is 6.07 Å². The molecule has 0 unspecified atom stereocenters. The van der Waals surface area contributed by atoms with E-state index in [1.54, 1.807) is 24.3 Å². The van der Waals surface area contributed by atoms with Crippen LogP contribution in [0.4, 0.5) is 11.4 Å². The fourth-order valence-electron chi connectivity index (χ4n) is 1.73. The second-order valence-corrected chi connectivity index (χ2v) is 4.45. The summed E-state index contributed by atoms with van der Waals surface area (Å²) in [4.78, 5) is 12.7. The topological polar surface area (TPSA) is 44.1 Å². The van der Waals surface area contributed by atoms with Crippen molar-refractivity contribution >= 4 is 29.3 Å². The summed E-state index contributed by atoms with van der Waals surface area (Å²) in [5.41, 5.74) is 2.90. The summed E-state index contributed by atoms with van der Waals surface area (Å²) in [5.74, 6) is 0. The summed E-state index contributed by atoms with van der Waals surface area (Å²) in [6.07, 6.45) is 0.730. The molecule has 0 fully saturated rings.